The largest absolute Gasteiger partial charge is 0.491 e. The zero-order chi connectivity index (χ0) is 19.6. The van der Waals surface area contributed by atoms with Crippen molar-refractivity contribution in [2.45, 2.75) is 52.7 Å². The number of hydrogen-bond donors (Lipinski definition) is 2. The van der Waals surface area contributed by atoms with Crippen LogP contribution < -0.4 is 10.1 Å². The van der Waals surface area contributed by atoms with Crippen molar-refractivity contribution in [1.29, 1.82) is 0 Å². The van der Waals surface area contributed by atoms with Crippen molar-refractivity contribution < 1.29 is 20.0 Å². The van der Waals surface area contributed by atoms with Gasteiger partial charge in [0.15, 0.2) is 0 Å². The topological polar surface area (TPSA) is 81.0 Å². The van der Waals surface area contributed by atoms with E-state index < -0.39 is 6.10 Å². The number of aryl methyl sites for hydroxylation is 4. The first-order valence-electron chi connectivity index (χ1n) is 9.66. The van der Waals surface area contributed by atoms with E-state index in [-0.39, 0.29) is 12.4 Å². The van der Waals surface area contributed by atoms with E-state index in [1.807, 2.05) is 35.9 Å². The van der Waals surface area contributed by atoms with Crippen molar-refractivity contribution >= 4 is 5.78 Å². The van der Waals surface area contributed by atoms with Gasteiger partial charge in [-0.15, -0.1) is 0 Å². The summed E-state index contributed by atoms with van der Waals surface area (Å²) in [5.41, 5.74) is 3.36. The fraction of sp³-hybridized carbons (Fsp3) is 0.524. The number of quaternary nitrogens is 1. The average Bonchev–Trinajstić information content (AvgIpc) is 2.96. The summed E-state index contributed by atoms with van der Waals surface area (Å²) in [5, 5.41) is 16.6. The van der Waals surface area contributed by atoms with Gasteiger partial charge in [0.25, 0.3) is 0 Å². The summed E-state index contributed by atoms with van der Waals surface area (Å²) < 4.78 is 7.67. The third-order valence-corrected chi connectivity index (χ3v) is 4.45. The van der Waals surface area contributed by atoms with Gasteiger partial charge in [0.2, 0.25) is 0 Å². The van der Waals surface area contributed by atoms with Crippen LogP contribution in [0, 0.1) is 13.8 Å². The highest BCUT2D eigenvalue weighted by molar-refractivity contribution is 5.75. The number of aliphatic hydroxyl groups excluding tert-OH is 1. The first-order chi connectivity index (χ1) is 12.9. The zero-order valence-electron chi connectivity index (χ0n) is 16.6. The summed E-state index contributed by atoms with van der Waals surface area (Å²) in [4.78, 5) is 11.0. The Labute approximate surface area is 161 Å². The van der Waals surface area contributed by atoms with Crippen LogP contribution in [0.1, 0.15) is 36.7 Å². The fourth-order valence-corrected chi connectivity index (χ4v) is 2.93. The summed E-state index contributed by atoms with van der Waals surface area (Å²) in [5.74, 6) is 0.940. The van der Waals surface area contributed by atoms with Gasteiger partial charge in [-0.3, -0.25) is 4.68 Å². The van der Waals surface area contributed by atoms with Crippen molar-refractivity contribution in [3.63, 3.8) is 0 Å². The normalized spacial score (nSPS) is 12.1. The lowest BCUT2D eigenvalue weighted by Gasteiger charge is -2.12. The van der Waals surface area contributed by atoms with Crippen molar-refractivity contribution in [3.05, 3.63) is 47.3 Å². The smallest absolute Gasteiger partial charge is 0.137 e. The lowest BCUT2D eigenvalue weighted by Crippen LogP contribution is -2.86. The van der Waals surface area contributed by atoms with Gasteiger partial charge in [0.1, 0.15) is 30.8 Å². The lowest BCUT2D eigenvalue weighted by molar-refractivity contribution is -0.661. The molecule has 0 fully saturated rings. The minimum absolute atomic E-state index is 0.199. The number of benzene rings is 1. The zero-order valence-corrected chi connectivity index (χ0v) is 16.6. The molecule has 1 atom stereocenters. The van der Waals surface area contributed by atoms with E-state index in [2.05, 4.69) is 23.4 Å². The molecule has 27 heavy (non-hydrogen) atoms. The number of carbonyl (C=O) groups excluding carboxylic acids is 1. The Morgan fingerprint density at radius 3 is 2.67 bits per heavy atom. The molecule has 2 aromatic rings. The quantitative estimate of drug-likeness (QED) is 0.551. The van der Waals surface area contributed by atoms with Crippen LogP contribution >= 0.6 is 0 Å². The molecule has 0 aliphatic carbocycles. The second-order valence-electron chi connectivity index (χ2n) is 7.13. The maximum Gasteiger partial charge on any atom is 0.137 e. The van der Waals surface area contributed by atoms with E-state index in [4.69, 9.17) is 4.74 Å². The maximum absolute atomic E-state index is 11.0. The summed E-state index contributed by atoms with van der Waals surface area (Å²) >= 11 is 0. The molecular formula is C21H32N3O3+. The van der Waals surface area contributed by atoms with Crippen LogP contribution in [0.3, 0.4) is 0 Å². The van der Waals surface area contributed by atoms with E-state index in [9.17, 15) is 9.90 Å². The molecule has 0 unspecified atom stereocenters. The van der Waals surface area contributed by atoms with Crippen LogP contribution in [-0.4, -0.2) is 46.5 Å². The molecule has 0 bridgehead atoms. The van der Waals surface area contributed by atoms with Gasteiger partial charge >= 0.3 is 0 Å². The molecule has 1 aromatic heterocycles. The van der Waals surface area contributed by atoms with Gasteiger partial charge in [-0.25, -0.2) is 0 Å². The molecule has 1 heterocycles. The number of rotatable bonds is 12. The van der Waals surface area contributed by atoms with Crippen molar-refractivity contribution in [1.82, 2.24) is 9.78 Å². The molecule has 6 nitrogen and oxygen atoms in total. The van der Waals surface area contributed by atoms with E-state index >= 15 is 0 Å². The van der Waals surface area contributed by atoms with Gasteiger partial charge in [0.05, 0.1) is 12.2 Å². The molecule has 3 N–H and O–H groups in total. The van der Waals surface area contributed by atoms with E-state index in [1.54, 1.807) is 6.92 Å². The van der Waals surface area contributed by atoms with Crippen LogP contribution in [0.25, 0.3) is 0 Å². The van der Waals surface area contributed by atoms with E-state index in [0.29, 0.717) is 13.0 Å². The third-order valence-electron chi connectivity index (χ3n) is 4.45. The number of ether oxygens (including phenoxy) is 1. The Balaban J connectivity index is 1.58. The Morgan fingerprint density at radius 2 is 2.04 bits per heavy atom. The van der Waals surface area contributed by atoms with Gasteiger partial charge in [-0.2, -0.15) is 5.10 Å². The number of nitrogens with two attached hydrogens (primary N) is 1. The van der Waals surface area contributed by atoms with Crippen molar-refractivity contribution in [3.8, 4) is 5.75 Å². The van der Waals surface area contributed by atoms with Crippen molar-refractivity contribution in [2.24, 2.45) is 0 Å². The molecule has 2 rings (SSSR count). The summed E-state index contributed by atoms with van der Waals surface area (Å²) in [6.07, 6.45) is 1.83. The molecule has 0 spiro atoms. The van der Waals surface area contributed by atoms with Gasteiger partial charge in [-0.1, -0.05) is 12.1 Å². The predicted molar refractivity (Wildman–Crippen MR) is 105 cm³/mol. The SMILES string of the molecule is CC(=O)CCc1ccc(OC[C@H](O)C[NH2+]CCCn2nc(C)cc2C)cc1. The van der Waals surface area contributed by atoms with Gasteiger partial charge < -0.3 is 20.0 Å². The van der Waals surface area contributed by atoms with Gasteiger partial charge in [0, 0.05) is 25.1 Å². The van der Waals surface area contributed by atoms with Crippen molar-refractivity contribution in [2.75, 3.05) is 19.7 Å². The van der Waals surface area contributed by atoms with Gasteiger partial charge in [-0.05, 0) is 51.0 Å². The highest BCUT2D eigenvalue weighted by Crippen LogP contribution is 2.13. The van der Waals surface area contributed by atoms with Crippen LogP contribution in [0.5, 0.6) is 5.75 Å². The standard InChI is InChI=1S/C21H31N3O3/c1-16-13-17(2)24(23-16)12-4-11-22-14-20(26)15-27-21-9-7-19(8-10-21)6-5-18(3)25/h7-10,13,20,22,26H,4-6,11-12,14-15H2,1-3H3/p+1/t20-/m1/s1. The Bertz CT molecular complexity index is 710. The number of hydrogen-bond acceptors (Lipinski definition) is 4. The Hall–Kier alpha value is -2.18. The van der Waals surface area contributed by atoms with E-state index in [0.717, 1.165) is 42.9 Å². The Morgan fingerprint density at radius 1 is 1.30 bits per heavy atom. The molecule has 6 heteroatoms. The highest BCUT2D eigenvalue weighted by Gasteiger charge is 2.08. The molecule has 0 saturated carbocycles. The van der Waals surface area contributed by atoms with E-state index in [1.165, 1.54) is 5.69 Å². The summed E-state index contributed by atoms with van der Waals surface area (Å²) in [6, 6.07) is 9.80. The number of nitrogens with zero attached hydrogens (tertiary/aromatic N) is 2. The molecule has 0 amide bonds. The molecule has 1 aromatic carbocycles. The van der Waals surface area contributed by atoms with Crippen LogP contribution in [0.15, 0.2) is 30.3 Å². The average molecular weight is 375 g/mol. The van der Waals surface area contributed by atoms with Crippen LogP contribution in [0.4, 0.5) is 0 Å². The highest BCUT2D eigenvalue weighted by atomic mass is 16.5. The van der Waals surface area contributed by atoms with Crippen LogP contribution in [0.2, 0.25) is 0 Å². The monoisotopic (exact) mass is 374 g/mol. The molecule has 0 saturated heterocycles. The number of aromatic nitrogens is 2. The second-order valence-corrected chi connectivity index (χ2v) is 7.13. The fourth-order valence-electron chi connectivity index (χ4n) is 2.93. The molecule has 0 radical (unpaired) electrons. The molecular weight excluding hydrogens is 342 g/mol. The third kappa shape index (κ3) is 7.93. The lowest BCUT2D eigenvalue weighted by atomic mass is 10.1. The van der Waals surface area contributed by atoms with Crippen LogP contribution in [-0.2, 0) is 17.8 Å². The molecule has 0 aliphatic heterocycles. The number of carbonyl (C=O) groups is 1. The predicted octanol–water partition coefficient (Wildman–Crippen LogP) is 1.41. The first-order valence-corrected chi connectivity index (χ1v) is 9.66. The summed E-state index contributed by atoms with van der Waals surface area (Å²) in [6.45, 7) is 8.43. The molecule has 0 aliphatic rings. The summed E-state index contributed by atoms with van der Waals surface area (Å²) in [7, 11) is 0. The second kappa shape index (κ2) is 10.8. The Kier molecular flexibility index (Phi) is 8.48. The minimum Gasteiger partial charge on any atom is -0.491 e. The molecule has 148 valence electrons. The number of Topliss-reactive ketones (excluding diaryl/α,β-unsaturated/α-hetero) is 1. The minimum atomic E-state index is -0.504. The number of aliphatic hydroxyl groups is 1. The first kappa shape index (κ1) is 21.1. The maximum atomic E-state index is 11.0. The number of ketones is 1.